The third-order valence-electron chi connectivity index (χ3n) is 6.04. The number of aromatic nitrogens is 3. The Morgan fingerprint density at radius 3 is 2.87 bits per heavy atom. The van der Waals surface area contributed by atoms with Crippen LogP contribution in [0.5, 0.6) is 0 Å². The van der Waals surface area contributed by atoms with Gasteiger partial charge in [0.05, 0.1) is 5.56 Å². The van der Waals surface area contributed by atoms with Crippen LogP contribution in [0.1, 0.15) is 60.9 Å². The first kappa shape index (κ1) is 20.3. The van der Waals surface area contributed by atoms with E-state index < -0.39 is 5.82 Å². The molecule has 158 valence electrons. The molecule has 1 saturated carbocycles. The van der Waals surface area contributed by atoms with E-state index in [1.807, 2.05) is 0 Å². The Kier molecular flexibility index (Phi) is 5.97. The molecule has 0 bridgehead atoms. The monoisotopic (exact) mass is 409 g/mol. The number of nitrogens with one attached hydrogen (secondary N) is 1. The fourth-order valence-corrected chi connectivity index (χ4v) is 4.40. The van der Waals surface area contributed by atoms with Crippen molar-refractivity contribution in [1.82, 2.24) is 19.9 Å². The molecule has 2 aromatic heterocycles. The molecule has 6 nitrogen and oxygen atoms in total. The van der Waals surface area contributed by atoms with Crippen LogP contribution in [0.3, 0.4) is 0 Å². The maximum Gasteiger partial charge on any atom is 0.254 e. The molecule has 0 unspecified atom stereocenters. The van der Waals surface area contributed by atoms with Gasteiger partial charge in [-0.05, 0) is 48.9 Å². The van der Waals surface area contributed by atoms with Gasteiger partial charge >= 0.3 is 0 Å². The van der Waals surface area contributed by atoms with E-state index in [0.29, 0.717) is 28.9 Å². The van der Waals surface area contributed by atoms with Gasteiger partial charge in [-0.25, -0.2) is 8.91 Å². The number of amides is 1. The molecule has 7 heteroatoms. The lowest BCUT2D eigenvalue weighted by Gasteiger charge is -2.21. The van der Waals surface area contributed by atoms with Gasteiger partial charge in [-0.2, -0.15) is 4.98 Å². The maximum atomic E-state index is 15.3. The Morgan fingerprint density at radius 1 is 1.27 bits per heavy atom. The summed E-state index contributed by atoms with van der Waals surface area (Å²) in [5.74, 6) is 0.0586. The predicted octanol–water partition coefficient (Wildman–Crippen LogP) is 4.52. The van der Waals surface area contributed by atoms with E-state index in [4.69, 9.17) is 5.73 Å². The number of anilines is 1. The number of benzene rings is 1. The summed E-state index contributed by atoms with van der Waals surface area (Å²) in [6.07, 6.45) is 10.3. The van der Waals surface area contributed by atoms with Gasteiger partial charge in [-0.3, -0.25) is 4.79 Å². The minimum atomic E-state index is -0.517. The van der Waals surface area contributed by atoms with E-state index in [2.05, 4.69) is 15.4 Å². The number of nitrogens with zero attached hydrogens (tertiary/aromatic N) is 3. The summed E-state index contributed by atoms with van der Waals surface area (Å²) in [6.45, 7) is 2.33. The van der Waals surface area contributed by atoms with Crippen LogP contribution in [0.4, 0.5) is 10.3 Å². The highest BCUT2D eigenvalue weighted by molar-refractivity contribution is 5.97. The number of fused-ring (bicyclic) bond motifs is 1. The summed E-state index contributed by atoms with van der Waals surface area (Å²) in [5.41, 5.74) is 7.86. The Labute approximate surface area is 175 Å². The number of pyridine rings is 1. The average Bonchev–Trinajstić information content (AvgIpc) is 3.11. The van der Waals surface area contributed by atoms with Gasteiger partial charge in [0.15, 0.2) is 5.65 Å². The molecule has 1 aliphatic carbocycles. The number of carbonyl (C=O) groups excluding carboxylic acids is 1. The minimum absolute atomic E-state index is 0.103. The molecular weight excluding hydrogens is 381 g/mol. The highest BCUT2D eigenvalue weighted by Gasteiger charge is 2.20. The summed E-state index contributed by atoms with van der Waals surface area (Å²) in [7, 11) is 0. The second-order valence-electron chi connectivity index (χ2n) is 8.21. The molecule has 3 aromatic rings. The Morgan fingerprint density at radius 2 is 2.07 bits per heavy atom. The minimum Gasteiger partial charge on any atom is -0.366 e. The highest BCUT2D eigenvalue weighted by Crippen LogP contribution is 2.29. The topological polar surface area (TPSA) is 85.3 Å². The number of carbonyl (C=O) groups is 1. The smallest absolute Gasteiger partial charge is 0.254 e. The molecule has 2 heterocycles. The van der Waals surface area contributed by atoms with E-state index in [-0.39, 0.29) is 17.4 Å². The third kappa shape index (κ3) is 4.30. The molecule has 0 spiro atoms. The molecule has 30 heavy (non-hydrogen) atoms. The Bertz CT molecular complexity index is 1060. The third-order valence-corrected chi connectivity index (χ3v) is 6.04. The molecule has 1 aliphatic rings. The van der Waals surface area contributed by atoms with Gasteiger partial charge in [-0.15, -0.1) is 5.10 Å². The van der Waals surface area contributed by atoms with Gasteiger partial charge in [0.25, 0.3) is 5.91 Å². The number of nitrogens with two attached hydrogens (primary N) is 1. The molecule has 1 aromatic carbocycles. The number of rotatable bonds is 6. The zero-order chi connectivity index (χ0) is 21.1. The predicted molar refractivity (Wildman–Crippen MR) is 116 cm³/mol. The maximum absolute atomic E-state index is 15.3. The normalized spacial score (nSPS) is 14.9. The van der Waals surface area contributed by atoms with Crippen LogP contribution in [-0.2, 0) is 0 Å². The van der Waals surface area contributed by atoms with Crippen LogP contribution >= 0.6 is 0 Å². The zero-order valence-electron chi connectivity index (χ0n) is 17.3. The first-order valence-electron chi connectivity index (χ1n) is 10.7. The fourth-order valence-electron chi connectivity index (χ4n) is 4.40. The lowest BCUT2D eigenvalue weighted by Crippen LogP contribution is -2.27. The number of nitrogen functional groups attached to an aromatic ring is 1. The van der Waals surface area contributed by atoms with Crippen LogP contribution in [0.25, 0.3) is 16.8 Å². The van der Waals surface area contributed by atoms with Crippen molar-refractivity contribution in [1.29, 1.82) is 0 Å². The molecule has 0 saturated heterocycles. The summed E-state index contributed by atoms with van der Waals surface area (Å²) >= 11 is 0. The zero-order valence-corrected chi connectivity index (χ0v) is 17.3. The van der Waals surface area contributed by atoms with Crippen molar-refractivity contribution in [3.05, 3.63) is 47.4 Å². The van der Waals surface area contributed by atoms with E-state index in [1.54, 1.807) is 37.4 Å². The van der Waals surface area contributed by atoms with Gasteiger partial charge in [0.1, 0.15) is 5.82 Å². The average molecular weight is 410 g/mol. The fraction of sp³-hybridized carbons (Fsp3) is 0.435. The summed E-state index contributed by atoms with van der Waals surface area (Å²) in [6, 6.07) is 6.91. The second-order valence-corrected chi connectivity index (χ2v) is 8.21. The van der Waals surface area contributed by atoms with Crippen molar-refractivity contribution >= 4 is 17.5 Å². The second kappa shape index (κ2) is 8.81. The summed E-state index contributed by atoms with van der Waals surface area (Å²) in [5, 5.41) is 6.94. The molecule has 0 aliphatic heterocycles. The molecule has 1 fully saturated rings. The molecule has 0 radical (unpaired) electrons. The number of halogens is 1. The van der Waals surface area contributed by atoms with Crippen LogP contribution in [0.15, 0.2) is 30.5 Å². The number of hydrogen-bond donors (Lipinski definition) is 2. The SMILES string of the molecule is Cc1ccc(-c2ccn3nc(N)nc3c2)c(F)c1C(=O)NCCCC1CCCCC1. The van der Waals surface area contributed by atoms with Crippen LogP contribution in [-0.4, -0.2) is 27.0 Å². The van der Waals surface area contributed by atoms with Crippen LogP contribution < -0.4 is 11.1 Å². The van der Waals surface area contributed by atoms with Crippen molar-refractivity contribution in [2.75, 3.05) is 12.3 Å². The van der Waals surface area contributed by atoms with E-state index in [0.717, 1.165) is 18.8 Å². The van der Waals surface area contributed by atoms with E-state index >= 15 is 4.39 Å². The van der Waals surface area contributed by atoms with Crippen molar-refractivity contribution in [2.24, 2.45) is 5.92 Å². The molecule has 3 N–H and O–H groups in total. The van der Waals surface area contributed by atoms with Gasteiger partial charge in [0, 0.05) is 18.3 Å². The van der Waals surface area contributed by atoms with Crippen molar-refractivity contribution in [3.63, 3.8) is 0 Å². The van der Waals surface area contributed by atoms with E-state index in [9.17, 15) is 4.79 Å². The summed E-state index contributed by atoms with van der Waals surface area (Å²) in [4.78, 5) is 16.9. The first-order valence-corrected chi connectivity index (χ1v) is 10.7. The Balaban J connectivity index is 1.48. The van der Waals surface area contributed by atoms with Crippen molar-refractivity contribution in [3.8, 4) is 11.1 Å². The molecule has 4 rings (SSSR count). The standard InChI is InChI=1S/C23H28FN5O/c1-15-9-10-18(17-11-13-29-19(14-17)27-23(25)28-29)21(24)20(15)22(30)26-12-5-8-16-6-3-2-4-7-16/h9-11,13-14,16H,2-8,12H2,1H3,(H2,25,28)(H,26,30). The largest absolute Gasteiger partial charge is 0.366 e. The lowest BCUT2D eigenvalue weighted by molar-refractivity contribution is 0.0947. The van der Waals surface area contributed by atoms with Crippen molar-refractivity contribution < 1.29 is 9.18 Å². The van der Waals surface area contributed by atoms with Gasteiger partial charge < -0.3 is 11.1 Å². The highest BCUT2D eigenvalue weighted by atomic mass is 19.1. The molecule has 1 amide bonds. The van der Waals surface area contributed by atoms with Gasteiger partial charge in [-0.1, -0.05) is 44.2 Å². The van der Waals surface area contributed by atoms with Crippen LogP contribution in [0.2, 0.25) is 0 Å². The van der Waals surface area contributed by atoms with E-state index in [1.165, 1.54) is 36.6 Å². The summed E-state index contributed by atoms with van der Waals surface area (Å²) < 4.78 is 16.9. The lowest BCUT2D eigenvalue weighted by atomic mass is 9.86. The molecule has 0 atom stereocenters. The number of aryl methyl sites for hydroxylation is 1. The number of hydrogen-bond acceptors (Lipinski definition) is 4. The van der Waals surface area contributed by atoms with Crippen LogP contribution in [0, 0.1) is 18.7 Å². The Hall–Kier alpha value is -2.96. The van der Waals surface area contributed by atoms with Gasteiger partial charge in [0.2, 0.25) is 5.95 Å². The van der Waals surface area contributed by atoms with Crippen molar-refractivity contribution in [2.45, 2.75) is 51.9 Å². The molecular formula is C23H28FN5O. The quantitative estimate of drug-likeness (QED) is 0.586. The first-order chi connectivity index (χ1) is 14.5.